The molecule has 0 aliphatic rings. The summed E-state index contributed by atoms with van der Waals surface area (Å²) in [4.78, 5) is 0. The van der Waals surface area contributed by atoms with Crippen molar-refractivity contribution in [2.45, 2.75) is 0 Å². The molecular weight excluding hydrogens is 336 g/mol. The molecule has 0 bridgehead atoms. The van der Waals surface area contributed by atoms with Gasteiger partial charge in [-0.25, -0.2) is 0 Å². The molecule has 0 aliphatic carbocycles. The second-order valence-electron chi connectivity index (χ2n) is 7.42. The molecule has 28 heavy (non-hydrogen) atoms. The van der Waals surface area contributed by atoms with Crippen LogP contribution in [0.4, 0.5) is 0 Å². The fraction of sp³-hybridized carbons (Fsp3) is 0. The topological polar surface area (TPSA) is 0 Å². The van der Waals surface area contributed by atoms with Gasteiger partial charge in [-0.3, -0.25) is 0 Å². The minimum Gasteiger partial charge on any atom is -0.0616 e. The molecule has 0 heteroatoms. The summed E-state index contributed by atoms with van der Waals surface area (Å²) in [6.07, 6.45) is 0. The van der Waals surface area contributed by atoms with E-state index in [9.17, 15) is 0 Å². The fourth-order valence-corrected chi connectivity index (χ4v) is 4.47. The zero-order chi connectivity index (χ0) is 18.5. The summed E-state index contributed by atoms with van der Waals surface area (Å²) in [5.74, 6) is 0. The van der Waals surface area contributed by atoms with E-state index in [0.717, 1.165) is 0 Å². The van der Waals surface area contributed by atoms with Gasteiger partial charge in [0.1, 0.15) is 0 Å². The van der Waals surface area contributed by atoms with Crippen molar-refractivity contribution in [2.24, 2.45) is 0 Å². The second kappa shape index (κ2) is 5.94. The molecule has 6 rings (SSSR count). The molecule has 0 unspecified atom stereocenters. The van der Waals surface area contributed by atoms with Gasteiger partial charge in [0.05, 0.1) is 0 Å². The molecule has 6 aromatic rings. The van der Waals surface area contributed by atoms with E-state index in [-0.39, 0.29) is 0 Å². The maximum absolute atomic E-state index is 2.36. The maximum Gasteiger partial charge on any atom is -0.00923 e. The van der Waals surface area contributed by atoms with Crippen LogP contribution in [0.5, 0.6) is 0 Å². The lowest BCUT2D eigenvalue weighted by atomic mass is 9.89. The molecule has 0 aliphatic heterocycles. The lowest BCUT2D eigenvalue weighted by molar-refractivity contribution is 1.71. The first-order chi connectivity index (χ1) is 13.9. The normalized spacial score (nSPS) is 11.6. The Kier molecular flexibility index (Phi) is 3.27. The molecule has 0 atom stereocenters. The van der Waals surface area contributed by atoms with Crippen LogP contribution in [-0.2, 0) is 0 Å². The van der Waals surface area contributed by atoms with E-state index in [1.165, 1.54) is 54.2 Å². The summed E-state index contributed by atoms with van der Waals surface area (Å²) >= 11 is 0. The van der Waals surface area contributed by atoms with E-state index in [4.69, 9.17) is 0 Å². The van der Waals surface area contributed by atoms with Gasteiger partial charge in [-0.2, -0.15) is 0 Å². The van der Waals surface area contributed by atoms with Crippen molar-refractivity contribution in [1.82, 2.24) is 0 Å². The average molecular weight is 354 g/mol. The van der Waals surface area contributed by atoms with E-state index in [1.54, 1.807) is 0 Å². The molecule has 0 saturated heterocycles. The lowest BCUT2D eigenvalue weighted by Gasteiger charge is -2.14. The van der Waals surface area contributed by atoms with Crippen molar-refractivity contribution in [2.75, 3.05) is 0 Å². The first-order valence-electron chi connectivity index (χ1n) is 9.71. The standard InChI is InChI=1S/C28H18/c1-2-10-21-17-28-26(16-20(21)9-1)24-14-6-4-11-22(24)18-27(28)25-15-7-12-19-8-3-5-13-23(19)25/h1-18H. The third-order valence-electron chi connectivity index (χ3n) is 5.81. The SMILES string of the molecule is c1ccc2cc3c(cc2c1)c(-c1cccc2ccccc12)cc1ccccc13. The molecule has 0 spiro atoms. The molecule has 130 valence electrons. The first kappa shape index (κ1) is 15.4. The van der Waals surface area contributed by atoms with Crippen molar-refractivity contribution in [3.63, 3.8) is 0 Å². The highest BCUT2D eigenvalue weighted by molar-refractivity contribution is 6.19. The summed E-state index contributed by atoms with van der Waals surface area (Å²) in [5.41, 5.74) is 2.60. The summed E-state index contributed by atoms with van der Waals surface area (Å²) in [6.45, 7) is 0. The molecule has 0 nitrogen and oxygen atoms in total. The Morgan fingerprint density at radius 2 is 0.857 bits per heavy atom. The molecule has 0 fully saturated rings. The van der Waals surface area contributed by atoms with Crippen molar-refractivity contribution in [1.29, 1.82) is 0 Å². The largest absolute Gasteiger partial charge is 0.0616 e. The van der Waals surface area contributed by atoms with E-state index in [2.05, 4.69) is 109 Å². The second-order valence-corrected chi connectivity index (χ2v) is 7.42. The van der Waals surface area contributed by atoms with Crippen LogP contribution < -0.4 is 0 Å². The monoisotopic (exact) mass is 354 g/mol. The predicted octanol–water partition coefficient (Wildman–Crippen LogP) is 7.97. The highest BCUT2D eigenvalue weighted by atomic mass is 14.1. The molecule has 0 radical (unpaired) electrons. The van der Waals surface area contributed by atoms with Crippen LogP contribution in [0.25, 0.3) is 54.2 Å². The average Bonchev–Trinajstić information content (AvgIpc) is 2.77. The number of benzene rings is 6. The van der Waals surface area contributed by atoms with Crippen LogP contribution >= 0.6 is 0 Å². The van der Waals surface area contributed by atoms with E-state index in [0.29, 0.717) is 0 Å². The Balaban J connectivity index is 1.84. The summed E-state index contributed by atoms with van der Waals surface area (Å²) in [5, 5.41) is 10.4. The van der Waals surface area contributed by atoms with Gasteiger partial charge in [-0.15, -0.1) is 0 Å². The van der Waals surface area contributed by atoms with Gasteiger partial charge in [0.25, 0.3) is 0 Å². The zero-order valence-electron chi connectivity index (χ0n) is 15.4. The predicted molar refractivity (Wildman–Crippen MR) is 122 cm³/mol. The lowest BCUT2D eigenvalue weighted by Crippen LogP contribution is -1.87. The fourth-order valence-electron chi connectivity index (χ4n) is 4.47. The van der Waals surface area contributed by atoms with Gasteiger partial charge in [0.15, 0.2) is 0 Å². The van der Waals surface area contributed by atoms with Crippen LogP contribution in [0.2, 0.25) is 0 Å². The zero-order valence-corrected chi connectivity index (χ0v) is 15.4. The van der Waals surface area contributed by atoms with Crippen LogP contribution in [0.1, 0.15) is 0 Å². The van der Waals surface area contributed by atoms with Crippen LogP contribution in [-0.4, -0.2) is 0 Å². The van der Waals surface area contributed by atoms with E-state index in [1.807, 2.05) is 0 Å². The number of hydrogen-bond donors (Lipinski definition) is 0. The third-order valence-corrected chi connectivity index (χ3v) is 5.81. The minimum absolute atomic E-state index is 1.28. The molecule has 0 amide bonds. The van der Waals surface area contributed by atoms with Crippen LogP contribution in [0.3, 0.4) is 0 Å². The number of rotatable bonds is 1. The quantitative estimate of drug-likeness (QED) is 0.207. The van der Waals surface area contributed by atoms with Gasteiger partial charge < -0.3 is 0 Å². The van der Waals surface area contributed by atoms with Crippen molar-refractivity contribution in [3.8, 4) is 11.1 Å². The van der Waals surface area contributed by atoms with E-state index < -0.39 is 0 Å². The smallest absolute Gasteiger partial charge is 0.00923 e. The van der Waals surface area contributed by atoms with Crippen LogP contribution in [0, 0.1) is 0 Å². The number of hydrogen-bond acceptors (Lipinski definition) is 0. The molecule has 0 N–H and O–H groups in total. The van der Waals surface area contributed by atoms with Crippen LogP contribution in [0.15, 0.2) is 109 Å². The summed E-state index contributed by atoms with van der Waals surface area (Å²) < 4.78 is 0. The Morgan fingerprint density at radius 1 is 0.286 bits per heavy atom. The maximum atomic E-state index is 2.36. The molecular formula is C28H18. The molecule has 0 saturated carbocycles. The van der Waals surface area contributed by atoms with Crippen molar-refractivity contribution in [3.05, 3.63) is 109 Å². The first-order valence-corrected chi connectivity index (χ1v) is 9.71. The minimum atomic E-state index is 1.28. The Hall–Kier alpha value is -3.64. The van der Waals surface area contributed by atoms with Gasteiger partial charge in [0, 0.05) is 0 Å². The molecule has 0 heterocycles. The third kappa shape index (κ3) is 2.25. The Labute approximate surface area is 163 Å². The van der Waals surface area contributed by atoms with Gasteiger partial charge in [-0.1, -0.05) is 91.0 Å². The van der Waals surface area contributed by atoms with Gasteiger partial charge >= 0.3 is 0 Å². The highest BCUT2D eigenvalue weighted by Gasteiger charge is 2.12. The highest BCUT2D eigenvalue weighted by Crippen LogP contribution is 2.39. The molecule has 0 aromatic heterocycles. The van der Waals surface area contributed by atoms with Gasteiger partial charge in [-0.05, 0) is 72.4 Å². The van der Waals surface area contributed by atoms with Crippen molar-refractivity contribution < 1.29 is 0 Å². The summed E-state index contributed by atoms with van der Waals surface area (Å²) in [7, 11) is 0. The van der Waals surface area contributed by atoms with Crippen molar-refractivity contribution >= 4 is 43.1 Å². The number of fused-ring (bicyclic) bond motifs is 5. The van der Waals surface area contributed by atoms with Gasteiger partial charge in [0.2, 0.25) is 0 Å². The Bertz CT molecular complexity index is 1500. The Morgan fingerprint density at radius 3 is 1.64 bits per heavy atom. The van der Waals surface area contributed by atoms with E-state index >= 15 is 0 Å². The molecule has 6 aromatic carbocycles. The summed E-state index contributed by atoms with van der Waals surface area (Å²) in [6, 6.07) is 39.7.